The van der Waals surface area contributed by atoms with Gasteiger partial charge in [0, 0.05) is 10.1 Å². The summed E-state index contributed by atoms with van der Waals surface area (Å²) >= 11 is 2.16. The molecule has 0 aliphatic rings. The maximum absolute atomic E-state index is 11.1. The molecule has 0 radical (unpaired) electrons. The molecule has 0 saturated carbocycles. The first kappa shape index (κ1) is 15.4. The molecule has 0 bridgehead atoms. The van der Waals surface area contributed by atoms with Crippen LogP contribution in [-0.2, 0) is 0 Å². The molecule has 2 N–H and O–H groups in total. The van der Waals surface area contributed by atoms with E-state index in [9.17, 15) is 10.1 Å². The maximum Gasteiger partial charge on any atom is 0.329 e. The van der Waals surface area contributed by atoms with Gasteiger partial charge in [-0.25, -0.2) is 4.98 Å². The van der Waals surface area contributed by atoms with Gasteiger partial charge in [0.25, 0.3) is 0 Å². The molecular weight excluding hydrogens is 385 g/mol. The first-order valence-electron chi connectivity index (χ1n) is 6.38. The number of nitrogens with zero attached hydrogens (tertiary/aromatic N) is 3. The number of rotatable bonds is 6. The lowest BCUT2D eigenvalue weighted by Gasteiger charge is -2.09. The quantitative estimate of drug-likeness (QED) is 0.439. The Morgan fingerprint density at radius 1 is 1.38 bits per heavy atom. The minimum absolute atomic E-state index is 0.156. The van der Waals surface area contributed by atoms with Crippen molar-refractivity contribution in [2.45, 2.75) is 13.3 Å². The zero-order valence-electron chi connectivity index (χ0n) is 11.3. The number of hydrogen-bond donors (Lipinski definition) is 2. The molecule has 1 aromatic heterocycles. The van der Waals surface area contributed by atoms with Crippen molar-refractivity contribution in [2.24, 2.45) is 0 Å². The highest BCUT2D eigenvalue weighted by molar-refractivity contribution is 14.1. The van der Waals surface area contributed by atoms with E-state index in [-0.39, 0.29) is 11.5 Å². The van der Waals surface area contributed by atoms with Gasteiger partial charge >= 0.3 is 5.69 Å². The van der Waals surface area contributed by atoms with Gasteiger partial charge in [-0.1, -0.05) is 19.1 Å². The van der Waals surface area contributed by atoms with E-state index in [0.717, 1.165) is 15.7 Å². The van der Waals surface area contributed by atoms with Crippen LogP contribution in [0.3, 0.4) is 0 Å². The highest BCUT2D eigenvalue weighted by Crippen LogP contribution is 2.28. The van der Waals surface area contributed by atoms with Crippen LogP contribution in [0.15, 0.2) is 30.5 Å². The molecule has 1 aromatic carbocycles. The highest BCUT2D eigenvalue weighted by Gasteiger charge is 2.18. The van der Waals surface area contributed by atoms with Gasteiger partial charge in [-0.05, 0) is 41.1 Å². The van der Waals surface area contributed by atoms with Crippen molar-refractivity contribution in [3.63, 3.8) is 0 Å². The molecule has 2 rings (SSSR count). The van der Waals surface area contributed by atoms with Crippen LogP contribution in [0.25, 0.3) is 0 Å². The van der Waals surface area contributed by atoms with Crippen molar-refractivity contribution in [1.82, 2.24) is 9.97 Å². The highest BCUT2D eigenvalue weighted by atomic mass is 127. The van der Waals surface area contributed by atoms with Gasteiger partial charge in [0.2, 0.25) is 11.8 Å². The zero-order chi connectivity index (χ0) is 15.2. The predicted octanol–water partition coefficient (Wildman–Crippen LogP) is 3.55. The SMILES string of the molecule is CCCNc1ncc([N+](=O)[O-])c(Nc2ccccc2I)n1. The van der Waals surface area contributed by atoms with Crippen LogP contribution in [0.1, 0.15) is 13.3 Å². The van der Waals surface area contributed by atoms with E-state index in [1.165, 1.54) is 6.20 Å². The van der Waals surface area contributed by atoms with Crippen LogP contribution in [-0.4, -0.2) is 21.4 Å². The Morgan fingerprint density at radius 3 is 2.81 bits per heavy atom. The van der Waals surface area contributed by atoms with Crippen molar-refractivity contribution < 1.29 is 4.92 Å². The number of nitro groups is 1. The van der Waals surface area contributed by atoms with E-state index in [1.54, 1.807) is 0 Å². The Balaban J connectivity index is 2.34. The predicted molar refractivity (Wildman–Crippen MR) is 89.9 cm³/mol. The summed E-state index contributed by atoms with van der Waals surface area (Å²) in [6.45, 7) is 2.73. The maximum atomic E-state index is 11.1. The molecule has 0 fully saturated rings. The molecule has 7 nitrogen and oxygen atoms in total. The molecule has 0 atom stereocenters. The Hall–Kier alpha value is -1.97. The van der Waals surface area contributed by atoms with Gasteiger partial charge in [0.05, 0.1) is 10.6 Å². The van der Waals surface area contributed by atoms with E-state index in [4.69, 9.17) is 0 Å². The lowest BCUT2D eigenvalue weighted by Crippen LogP contribution is -2.08. The first-order chi connectivity index (χ1) is 10.1. The fourth-order valence-corrected chi connectivity index (χ4v) is 2.14. The van der Waals surface area contributed by atoms with Crippen LogP contribution >= 0.6 is 22.6 Å². The number of anilines is 3. The average Bonchev–Trinajstić information content (AvgIpc) is 2.47. The molecule has 0 aliphatic heterocycles. The molecule has 110 valence electrons. The summed E-state index contributed by atoms with van der Waals surface area (Å²) in [5.41, 5.74) is 0.609. The van der Waals surface area contributed by atoms with Gasteiger partial charge < -0.3 is 10.6 Å². The Labute approximate surface area is 135 Å². The van der Waals surface area contributed by atoms with E-state index in [0.29, 0.717) is 12.5 Å². The number of aromatic nitrogens is 2. The summed E-state index contributed by atoms with van der Waals surface area (Å²) in [5.74, 6) is 0.550. The first-order valence-corrected chi connectivity index (χ1v) is 7.46. The van der Waals surface area contributed by atoms with Crippen molar-refractivity contribution in [3.05, 3.63) is 44.1 Å². The van der Waals surface area contributed by atoms with Crippen molar-refractivity contribution in [1.29, 1.82) is 0 Å². The monoisotopic (exact) mass is 399 g/mol. The topological polar surface area (TPSA) is 93.0 Å². The summed E-state index contributed by atoms with van der Waals surface area (Å²) in [5, 5.41) is 17.1. The third-order valence-corrected chi connectivity index (χ3v) is 3.57. The summed E-state index contributed by atoms with van der Waals surface area (Å²) in [7, 11) is 0. The summed E-state index contributed by atoms with van der Waals surface area (Å²) in [4.78, 5) is 18.7. The smallest absolute Gasteiger partial charge is 0.329 e. The van der Waals surface area contributed by atoms with E-state index < -0.39 is 4.92 Å². The third-order valence-electron chi connectivity index (χ3n) is 2.63. The Bertz CT molecular complexity index is 650. The molecule has 2 aromatic rings. The summed E-state index contributed by atoms with van der Waals surface area (Å²) < 4.78 is 0.950. The summed E-state index contributed by atoms with van der Waals surface area (Å²) in [6, 6.07) is 7.50. The molecule has 1 heterocycles. The number of nitrogens with one attached hydrogen (secondary N) is 2. The normalized spacial score (nSPS) is 10.2. The molecule has 8 heteroatoms. The molecule has 0 spiro atoms. The standard InChI is InChI=1S/C13H14IN5O2/c1-2-7-15-13-16-8-11(19(20)21)12(18-13)17-10-6-4-3-5-9(10)14/h3-6,8H,2,7H2,1H3,(H2,15,16,17,18). The number of hydrogen-bond acceptors (Lipinski definition) is 6. The van der Waals surface area contributed by atoms with Crippen LogP contribution < -0.4 is 10.6 Å². The van der Waals surface area contributed by atoms with Gasteiger partial charge in [-0.15, -0.1) is 0 Å². The fourth-order valence-electron chi connectivity index (χ4n) is 1.61. The van der Waals surface area contributed by atoms with Crippen molar-refractivity contribution in [3.8, 4) is 0 Å². The second kappa shape index (κ2) is 7.16. The largest absolute Gasteiger partial charge is 0.354 e. The lowest BCUT2D eigenvalue weighted by atomic mass is 10.3. The van der Waals surface area contributed by atoms with Crippen LogP contribution in [0.4, 0.5) is 23.1 Å². The second-order valence-corrected chi connectivity index (χ2v) is 5.38. The molecule has 21 heavy (non-hydrogen) atoms. The molecule has 0 unspecified atom stereocenters. The Kier molecular flexibility index (Phi) is 5.26. The molecule has 0 amide bonds. The van der Waals surface area contributed by atoms with Crippen LogP contribution in [0.5, 0.6) is 0 Å². The van der Waals surface area contributed by atoms with Crippen LogP contribution in [0.2, 0.25) is 0 Å². The number of halogens is 1. The zero-order valence-corrected chi connectivity index (χ0v) is 13.5. The van der Waals surface area contributed by atoms with Crippen molar-refractivity contribution >= 4 is 45.7 Å². The van der Waals surface area contributed by atoms with Crippen molar-refractivity contribution in [2.75, 3.05) is 17.2 Å². The molecular formula is C13H14IN5O2. The minimum Gasteiger partial charge on any atom is -0.354 e. The van der Waals surface area contributed by atoms with E-state index in [1.807, 2.05) is 31.2 Å². The average molecular weight is 399 g/mol. The second-order valence-electron chi connectivity index (χ2n) is 4.22. The van der Waals surface area contributed by atoms with Gasteiger partial charge in [0.1, 0.15) is 6.20 Å². The van der Waals surface area contributed by atoms with E-state index >= 15 is 0 Å². The minimum atomic E-state index is -0.498. The number of benzene rings is 1. The van der Waals surface area contributed by atoms with Crippen LogP contribution in [0, 0.1) is 13.7 Å². The lowest BCUT2D eigenvalue weighted by molar-refractivity contribution is -0.384. The van der Waals surface area contributed by atoms with Gasteiger partial charge in [-0.2, -0.15) is 4.98 Å². The molecule has 0 saturated heterocycles. The summed E-state index contributed by atoms with van der Waals surface area (Å²) in [6.07, 6.45) is 2.13. The van der Waals surface area contributed by atoms with Gasteiger partial charge in [-0.3, -0.25) is 10.1 Å². The van der Waals surface area contributed by atoms with E-state index in [2.05, 4.69) is 43.2 Å². The Morgan fingerprint density at radius 2 is 2.14 bits per heavy atom. The number of para-hydroxylation sites is 1. The third kappa shape index (κ3) is 4.00. The van der Waals surface area contributed by atoms with Gasteiger partial charge in [0.15, 0.2) is 0 Å². The fraction of sp³-hybridized carbons (Fsp3) is 0.231. The molecule has 0 aliphatic carbocycles.